The van der Waals surface area contributed by atoms with E-state index in [1.165, 1.54) is 4.68 Å². The van der Waals surface area contributed by atoms with Crippen molar-refractivity contribution in [2.24, 2.45) is 7.05 Å². The monoisotopic (exact) mass is 353 g/mol. The number of aromatic nitrogens is 4. The highest BCUT2D eigenvalue weighted by atomic mass is 79.9. The molecule has 0 bridgehead atoms. The third kappa shape index (κ3) is 3.01. The van der Waals surface area contributed by atoms with Crippen LogP contribution in [0.2, 0.25) is 0 Å². The number of halogens is 1. The third-order valence-electron chi connectivity index (χ3n) is 3.49. The Morgan fingerprint density at radius 3 is 3.10 bits per heavy atom. The minimum Gasteiger partial charge on any atom is -0.373 e. The lowest BCUT2D eigenvalue weighted by Gasteiger charge is -2.34. The quantitative estimate of drug-likeness (QED) is 0.810. The van der Waals surface area contributed by atoms with Crippen molar-refractivity contribution in [2.75, 3.05) is 24.6 Å². The number of hydrogen-bond acceptors (Lipinski definition) is 5. The minimum atomic E-state index is -0.136. The van der Waals surface area contributed by atoms with Crippen molar-refractivity contribution in [3.8, 4) is 0 Å². The van der Waals surface area contributed by atoms with Crippen LogP contribution >= 0.6 is 15.9 Å². The van der Waals surface area contributed by atoms with Gasteiger partial charge in [-0.3, -0.25) is 9.48 Å². The van der Waals surface area contributed by atoms with Gasteiger partial charge in [-0.25, -0.2) is 4.68 Å². The van der Waals surface area contributed by atoms with Gasteiger partial charge in [0.2, 0.25) is 0 Å². The number of ether oxygens (including phenoxy) is 1. The standard InChI is InChI=1S/C13H16BrN5O2/c1-17-13(20)12(14)11(7-16-17)18-5-6-21-10(8-18)9-19-4-2-3-15-19/h2-4,7,10H,5-6,8-9H2,1H3. The zero-order valence-electron chi connectivity index (χ0n) is 11.6. The Morgan fingerprint density at radius 1 is 1.48 bits per heavy atom. The van der Waals surface area contributed by atoms with Gasteiger partial charge < -0.3 is 9.64 Å². The van der Waals surface area contributed by atoms with Crippen molar-refractivity contribution in [2.45, 2.75) is 12.6 Å². The first-order valence-electron chi connectivity index (χ1n) is 6.71. The van der Waals surface area contributed by atoms with Gasteiger partial charge in [-0.2, -0.15) is 10.2 Å². The Balaban J connectivity index is 1.77. The van der Waals surface area contributed by atoms with Gasteiger partial charge in [0.15, 0.2) is 0 Å². The molecule has 1 atom stereocenters. The molecule has 1 aliphatic rings. The van der Waals surface area contributed by atoms with Crippen LogP contribution in [-0.4, -0.2) is 45.4 Å². The number of aryl methyl sites for hydroxylation is 1. The SMILES string of the molecule is Cn1ncc(N2CCOC(Cn3cccn3)C2)c(Br)c1=O. The van der Waals surface area contributed by atoms with Gasteiger partial charge in [0.05, 0.1) is 31.1 Å². The molecule has 1 aliphatic heterocycles. The molecule has 0 saturated carbocycles. The fourth-order valence-corrected chi connectivity index (χ4v) is 3.00. The molecule has 3 heterocycles. The summed E-state index contributed by atoms with van der Waals surface area (Å²) < 4.78 is 9.48. The van der Waals surface area contributed by atoms with Crippen LogP contribution in [0.5, 0.6) is 0 Å². The van der Waals surface area contributed by atoms with E-state index >= 15 is 0 Å². The summed E-state index contributed by atoms with van der Waals surface area (Å²) in [4.78, 5) is 14.1. The Bertz CT molecular complexity index is 670. The van der Waals surface area contributed by atoms with Crippen molar-refractivity contribution in [1.29, 1.82) is 0 Å². The van der Waals surface area contributed by atoms with Crippen molar-refractivity contribution in [1.82, 2.24) is 19.6 Å². The predicted molar refractivity (Wildman–Crippen MR) is 81.4 cm³/mol. The molecule has 0 N–H and O–H groups in total. The predicted octanol–water partition coefficient (Wildman–Crippen LogP) is 0.645. The molecule has 3 rings (SSSR count). The molecule has 1 fully saturated rings. The molecule has 2 aromatic heterocycles. The summed E-state index contributed by atoms with van der Waals surface area (Å²) >= 11 is 3.37. The zero-order valence-corrected chi connectivity index (χ0v) is 13.2. The maximum atomic E-state index is 12.0. The van der Waals surface area contributed by atoms with Crippen molar-refractivity contribution in [3.05, 3.63) is 39.5 Å². The Morgan fingerprint density at radius 2 is 2.33 bits per heavy atom. The van der Waals surface area contributed by atoms with E-state index in [9.17, 15) is 4.79 Å². The highest BCUT2D eigenvalue weighted by Gasteiger charge is 2.24. The van der Waals surface area contributed by atoms with E-state index in [0.29, 0.717) is 24.2 Å². The van der Waals surface area contributed by atoms with Gasteiger partial charge in [-0.05, 0) is 22.0 Å². The first-order valence-corrected chi connectivity index (χ1v) is 7.50. The molecule has 7 nitrogen and oxygen atoms in total. The van der Waals surface area contributed by atoms with Gasteiger partial charge in [0.25, 0.3) is 5.56 Å². The molecule has 0 spiro atoms. The summed E-state index contributed by atoms with van der Waals surface area (Å²) in [5.74, 6) is 0. The highest BCUT2D eigenvalue weighted by Crippen LogP contribution is 2.23. The molecular formula is C13H16BrN5O2. The Kier molecular flexibility index (Phi) is 4.07. The normalized spacial score (nSPS) is 19.0. The fourth-order valence-electron chi connectivity index (χ4n) is 2.39. The first kappa shape index (κ1) is 14.3. The summed E-state index contributed by atoms with van der Waals surface area (Å²) in [7, 11) is 1.64. The topological polar surface area (TPSA) is 65.2 Å². The largest absolute Gasteiger partial charge is 0.373 e. The maximum Gasteiger partial charge on any atom is 0.282 e. The average Bonchev–Trinajstić information content (AvgIpc) is 2.98. The molecule has 0 radical (unpaired) electrons. The van der Waals surface area contributed by atoms with Crippen LogP contribution in [0.1, 0.15) is 0 Å². The molecular weight excluding hydrogens is 338 g/mol. The summed E-state index contributed by atoms with van der Waals surface area (Å²) in [6.45, 7) is 2.75. The summed E-state index contributed by atoms with van der Waals surface area (Å²) in [5.41, 5.74) is 0.675. The molecule has 2 aromatic rings. The second-order valence-electron chi connectivity index (χ2n) is 4.94. The Hall–Kier alpha value is -1.67. The van der Waals surface area contributed by atoms with Gasteiger partial charge in [-0.15, -0.1) is 0 Å². The van der Waals surface area contributed by atoms with Crippen molar-refractivity contribution < 1.29 is 4.74 Å². The summed E-state index contributed by atoms with van der Waals surface area (Å²) in [6, 6.07) is 1.89. The van der Waals surface area contributed by atoms with E-state index in [-0.39, 0.29) is 11.7 Å². The van der Waals surface area contributed by atoms with Crippen LogP contribution in [0.25, 0.3) is 0 Å². The molecule has 21 heavy (non-hydrogen) atoms. The van der Waals surface area contributed by atoms with Crippen LogP contribution in [0, 0.1) is 0 Å². The van der Waals surface area contributed by atoms with E-state index in [0.717, 1.165) is 12.2 Å². The fraction of sp³-hybridized carbons (Fsp3) is 0.462. The summed E-state index contributed by atoms with van der Waals surface area (Å²) in [5, 5.41) is 8.28. The molecule has 1 unspecified atom stereocenters. The van der Waals surface area contributed by atoms with Crippen LogP contribution < -0.4 is 10.5 Å². The highest BCUT2D eigenvalue weighted by molar-refractivity contribution is 9.10. The number of anilines is 1. The number of hydrogen-bond donors (Lipinski definition) is 0. The minimum absolute atomic E-state index is 0.0367. The van der Waals surface area contributed by atoms with Gasteiger partial charge in [-0.1, -0.05) is 0 Å². The third-order valence-corrected chi connectivity index (χ3v) is 4.23. The molecule has 8 heteroatoms. The van der Waals surface area contributed by atoms with Gasteiger partial charge >= 0.3 is 0 Å². The second kappa shape index (κ2) is 5.98. The molecule has 0 amide bonds. The molecule has 112 valence electrons. The molecule has 1 saturated heterocycles. The lowest BCUT2D eigenvalue weighted by Crippen LogP contribution is -2.45. The average molecular weight is 354 g/mol. The Labute approximate surface area is 130 Å². The van der Waals surface area contributed by atoms with E-state index in [1.807, 2.05) is 16.9 Å². The van der Waals surface area contributed by atoms with Crippen LogP contribution in [0.4, 0.5) is 5.69 Å². The lowest BCUT2D eigenvalue weighted by molar-refractivity contribution is 0.0273. The van der Waals surface area contributed by atoms with E-state index in [4.69, 9.17) is 4.74 Å². The van der Waals surface area contributed by atoms with Crippen LogP contribution in [0.15, 0.2) is 33.9 Å². The molecule has 0 aliphatic carbocycles. The maximum absolute atomic E-state index is 12.0. The van der Waals surface area contributed by atoms with Crippen LogP contribution in [0.3, 0.4) is 0 Å². The second-order valence-corrected chi connectivity index (χ2v) is 5.73. The number of nitrogens with zero attached hydrogens (tertiary/aromatic N) is 5. The molecule has 0 aromatic carbocycles. The van der Waals surface area contributed by atoms with E-state index in [1.54, 1.807) is 19.4 Å². The zero-order chi connectivity index (χ0) is 14.8. The lowest BCUT2D eigenvalue weighted by atomic mass is 10.2. The summed E-state index contributed by atoms with van der Waals surface area (Å²) in [6.07, 6.45) is 5.41. The van der Waals surface area contributed by atoms with Crippen molar-refractivity contribution in [3.63, 3.8) is 0 Å². The van der Waals surface area contributed by atoms with Crippen LogP contribution in [-0.2, 0) is 18.3 Å². The van der Waals surface area contributed by atoms with Gasteiger partial charge in [0, 0.05) is 32.5 Å². The van der Waals surface area contributed by atoms with E-state index < -0.39 is 0 Å². The first-order chi connectivity index (χ1) is 10.1. The van der Waals surface area contributed by atoms with Gasteiger partial charge in [0.1, 0.15) is 4.47 Å². The smallest absolute Gasteiger partial charge is 0.282 e. The van der Waals surface area contributed by atoms with Crippen molar-refractivity contribution >= 4 is 21.6 Å². The number of morpholine rings is 1. The number of rotatable bonds is 3. The van der Waals surface area contributed by atoms with E-state index in [2.05, 4.69) is 31.0 Å².